The van der Waals surface area contributed by atoms with Gasteiger partial charge in [0.25, 0.3) is 0 Å². The van der Waals surface area contributed by atoms with Crippen molar-refractivity contribution in [3.8, 4) is 0 Å². The summed E-state index contributed by atoms with van der Waals surface area (Å²) in [5, 5.41) is 8.50. The van der Waals surface area contributed by atoms with Gasteiger partial charge in [0.15, 0.2) is 0 Å². The van der Waals surface area contributed by atoms with Crippen molar-refractivity contribution < 1.29 is 14.3 Å². The predicted molar refractivity (Wildman–Crippen MR) is 70.9 cm³/mol. The topological polar surface area (TPSA) is 102 Å². The van der Waals surface area contributed by atoms with Gasteiger partial charge in [-0.15, -0.1) is 24.8 Å². The fraction of sp³-hybridized carbons (Fsp3) is 0.556. The minimum absolute atomic E-state index is 0. The lowest BCUT2D eigenvalue weighted by atomic mass is 10.1. The second-order valence-electron chi connectivity index (χ2n) is 3.17. The zero-order valence-corrected chi connectivity index (χ0v) is 10.9. The molecule has 0 aliphatic heterocycles. The van der Waals surface area contributed by atoms with Crippen molar-refractivity contribution in [2.45, 2.75) is 18.9 Å². The van der Waals surface area contributed by atoms with Gasteiger partial charge in [0.2, 0.25) is 0 Å². The number of hydrogen-bond donors (Lipinski definition) is 3. The first-order valence-electron chi connectivity index (χ1n) is 4.47. The summed E-state index contributed by atoms with van der Waals surface area (Å²) in [7, 11) is 0. The molecule has 0 spiro atoms. The number of carbonyl (C=O) groups is 1. The molecule has 0 aromatic carbocycles. The molecule has 0 aromatic rings. The number of rotatable bonds is 7. The van der Waals surface area contributed by atoms with Gasteiger partial charge < -0.3 is 16.6 Å². The van der Waals surface area contributed by atoms with Crippen LogP contribution in [-0.4, -0.2) is 36.2 Å². The highest BCUT2D eigenvalue weighted by Crippen LogP contribution is 2.05. The van der Waals surface area contributed by atoms with E-state index < -0.39 is 18.7 Å². The summed E-state index contributed by atoms with van der Waals surface area (Å²) in [6.07, 6.45) is 0.732. The molecular weight excluding hydrogens is 272 g/mol. The lowest BCUT2D eigenvalue weighted by molar-refractivity contribution is -0.138. The van der Waals surface area contributed by atoms with E-state index in [1.54, 1.807) is 0 Å². The number of carboxylic acids is 1. The van der Waals surface area contributed by atoms with Crippen LogP contribution in [-0.2, 0) is 4.79 Å². The Morgan fingerprint density at radius 1 is 1.47 bits per heavy atom. The van der Waals surface area contributed by atoms with Crippen molar-refractivity contribution in [3.63, 3.8) is 0 Å². The Bertz CT molecular complexity index is 275. The van der Waals surface area contributed by atoms with E-state index in [0.29, 0.717) is 18.4 Å². The van der Waals surface area contributed by atoms with E-state index in [1.165, 1.54) is 0 Å². The Balaban J connectivity index is -0.000000980. The van der Waals surface area contributed by atoms with Crippen LogP contribution in [0.4, 0.5) is 4.39 Å². The molecule has 0 fully saturated rings. The number of aliphatic carboxylic acids is 1. The Labute approximate surface area is 112 Å². The molecule has 0 amide bonds. The van der Waals surface area contributed by atoms with Crippen LogP contribution in [0, 0.1) is 0 Å². The van der Waals surface area contributed by atoms with Gasteiger partial charge in [-0.3, -0.25) is 9.79 Å². The number of hydrogen-bond acceptors (Lipinski definition) is 3. The van der Waals surface area contributed by atoms with E-state index >= 15 is 0 Å². The van der Waals surface area contributed by atoms with Gasteiger partial charge in [-0.25, -0.2) is 4.39 Å². The number of alkyl halides is 1. The second kappa shape index (κ2) is 11.6. The van der Waals surface area contributed by atoms with Gasteiger partial charge in [-0.2, -0.15) is 0 Å². The molecule has 8 heteroatoms. The van der Waals surface area contributed by atoms with Crippen molar-refractivity contribution in [3.05, 3.63) is 12.2 Å². The molecule has 0 aliphatic carbocycles. The number of amidine groups is 1. The van der Waals surface area contributed by atoms with Crippen molar-refractivity contribution in [2.75, 3.05) is 13.2 Å². The molecule has 0 aliphatic rings. The van der Waals surface area contributed by atoms with Gasteiger partial charge in [0.1, 0.15) is 18.6 Å². The molecule has 5 N–H and O–H groups in total. The van der Waals surface area contributed by atoms with Crippen LogP contribution in [0.3, 0.4) is 0 Å². The normalized spacial score (nSPS) is 12.0. The van der Waals surface area contributed by atoms with Gasteiger partial charge >= 0.3 is 5.97 Å². The Kier molecular flexibility index (Phi) is 14.7. The molecule has 0 heterocycles. The van der Waals surface area contributed by atoms with Crippen LogP contribution in [0.15, 0.2) is 17.1 Å². The number of aliphatic imine (C=N–C) groups is 1. The maximum Gasteiger partial charge on any atom is 0.320 e. The van der Waals surface area contributed by atoms with E-state index in [-0.39, 0.29) is 37.2 Å². The van der Waals surface area contributed by atoms with Crippen LogP contribution in [0.2, 0.25) is 0 Å². The Morgan fingerprint density at radius 3 is 2.41 bits per heavy atom. The maximum absolute atomic E-state index is 11.9. The van der Waals surface area contributed by atoms with Crippen molar-refractivity contribution in [2.24, 2.45) is 16.5 Å². The molecule has 1 atom stereocenters. The van der Waals surface area contributed by atoms with Crippen LogP contribution >= 0.6 is 24.8 Å². The first-order chi connectivity index (χ1) is 6.97. The highest BCUT2D eigenvalue weighted by atomic mass is 35.5. The van der Waals surface area contributed by atoms with Crippen molar-refractivity contribution in [1.82, 2.24) is 0 Å². The second-order valence-corrected chi connectivity index (χ2v) is 3.17. The van der Waals surface area contributed by atoms with E-state index in [1.807, 2.05) is 0 Å². The molecule has 1 unspecified atom stereocenters. The minimum Gasteiger partial charge on any atom is -0.480 e. The van der Waals surface area contributed by atoms with Crippen molar-refractivity contribution in [1.29, 1.82) is 0 Å². The molecule has 102 valence electrons. The summed E-state index contributed by atoms with van der Waals surface area (Å²) in [4.78, 5) is 14.1. The Hall–Kier alpha value is -0.850. The summed E-state index contributed by atoms with van der Waals surface area (Å²) in [5.41, 5.74) is 11.1. The summed E-state index contributed by atoms with van der Waals surface area (Å²) in [5.74, 6) is -1.13. The average molecular weight is 290 g/mol. The molecule has 0 aromatic heterocycles. The number of nitrogens with two attached hydrogens (primary N) is 2. The first-order valence-corrected chi connectivity index (χ1v) is 4.47. The van der Waals surface area contributed by atoms with Gasteiger partial charge in [0, 0.05) is 0 Å². The van der Waals surface area contributed by atoms with Crippen LogP contribution in [0.25, 0.3) is 0 Å². The number of halogens is 3. The predicted octanol–water partition coefficient (Wildman–Crippen LogP) is 0.905. The molecule has 0 bridgehead atoms. The summed E-state index contributed by atoms with van der Waals surface area (Å²) in [6, 6.07) is -0.899. The van der Waals surface area contributed by atoms with Gasteiger partial charge in [-0.1, -0.05) is 12.2 Å². The van der Waals surface area contributed by atoms with E-state index in [2.05, 4.69) is 11.6 Å². The van der Waals surface area contributed by atoms with Crippen molar-refractivity contribution >= 4 is 36.6 Å². The third-order valence-corrected chi connectivity index (χ3v) is 1.77. The summed E-state index contributed by atoms with van der Waals surface area (Å²) in [6.45, 7) is 3.08. The lowest BCUT2D eigenvalue weighted by Gasteiger charge is -2.06. The zero-order chi connectivity index (χ0) is 11.8. The standard InChI is InChI=1S/C9H16FN3O2.2ClH/c1-6(5-13-8(12)4-10)2-3-7(11)9(14)15;;/h7H,1-5,11H2,(H2,12,13)(H,14,15);2*1H. The SMILES string of the molecule is C=C(CCC(N)C(=O)O)CN=C(N)CF.Cl.Cl. The van der Waals surface area contributed by atoms with E-state index in [9.17, 15) is 9.18 Å². The smallest absolute Gasteiger partial charge is 0.320 e. The maximum atomic E-state index is 11.9. The monoisotopic (exact) mass is 289 g/mol. The molecule has 0 radical (unpaired) electrons. The molecule has 17 heavy (non-hydrogen) atoms. The quantitative estimate of drug-likeness (QED) is 0.368. The average Bonchev–Trinajstić information content (AvgIpc) is 2.21. The highest BCUT2D eigenvalue weighted by Gasteiger charge is 2.10. The molecule has 0 saturated carbocycles. The number of carboxylic acid groups (broad SMARTS) is 1. The molecule has 0 saturated heterocycles. The summed E-state index contributed by atoms with van der Waals surface area (Å²) >= 11 is 0. The van der Waals surface area contributed by atoms with Gasteiger partial charge in [0.05, 0.1) is 6.54 Å². The van der Waals surface area contributed by atoms with E-state index in [0.717, 1.165) is 0 Å². The van der Waals surface area contributed by atoms with Gasteiger partial charge in [-0.05, 0) is 12.8 Å². The number of nitrogens with zero attached hydrogens (tertiary/aromatic N) is 1. The molecule has 0 rings (SSSR count). The third kappa shape index (κ3) is 11.4. The Morgan fingerprint density at radius 2 is 2.00 bits per heavy atom. The van der Waals surface area contributed by atoms with Crippen LogP contribution in [0.1, 0.15) is 12.8 Å². The van der Waals surface area contributed by atoms with Crippen LogP contribution < -0.4 is 11.5 Å². The first kappa shape index (κ1) is 21.4. The highest BCUT2D eigenvalue weighted by molar-refractivity contribution is 5.85. The molecular formula is C9H18Cl2FN3O2. The summed E-state index contributed by atoms with van der Waals surface area (Å²) < 4.78 is 11.9. The lowest BCUT2D eigenvalue weighted by Crippen LogP contribution is -2.29. The zero-order valence-electron chi connectivity index (χ0n) is 9.26. The van der Waals surface area contributed by atoms with Crippen LogP contribution in [0.5, 0.6) is 0 Å². The minimum atomic E-state index is -1.05. The fourth-order valence-electron chi connectivity index (χ4n) is 0.818. The largest absolute Gasteiger partial charge is 0.480 e. The third-order valence-electron chi connectivity index (χ3n) is 1.77. The molecule has 5 nitrogen and oxygen atoms in total. The fourth-order valence-corrected chi connectivity index (χ4v) is 0.818. The van der Waals surface area contributed by atoms with E-state index in [4.69, 9.17) is 16.6 Å².